The zero-order valence-corrected chi connectivity index (χ0v) is 11.2. The first-order valence-corrected chi connectivity index (χ1v) is 6.23. The van der Waals surface area contributed by atoms with Gasteiger partial charge in [0.25, 0.3) is 0 Å². The number of nitrogens with two attached hydrogens (primary N) is 1. The van der Waals surface area contributed by atoms with Crippen LogP contribution >= 0.6 is 0 Å². The Hall–Kier alpha value is -2.41. The molecule has 0 saturated carbocycles. The summed E-state index contributed by atoms with van der Waals surface area (Å²) < 4.78 is 5.00. The fourth-order valence-electron chi connectivity index (χ4n) is 1.88. The van der Waals surface area contributed by atoms with Gasteiger partial charge in [-0.1, -0.05) is 40.6 Å². The molecule has 1 unspecified atom stereocenters. The molecule has 2 aromatic rings. The second-order valence-electron chi connectivity index (χ2n) is 4.35. The number of hydrogen-bond donors (Lipinski definition) is 3. The van der Waals surface area contributed by atoms with E-state index < -0.39 is 0 Å². The second kappa shape index (κ2) is 6.67. The maximum absolute atomic E-state index is 8.88. The smallest absolute Gasteiger partial charge is 0.240 e. The standard InChI is InChI=1S/C13H17N5O2/c1-9-16-12(20-18-9)8-15-7-11(13(14)17-19)10-5-3-2-4-6-10/h2-6,11,15,19H,7-8H2,1H3,(H2,14,17). The number of aryl methyl sites for hydroxylation is 1. The Labute approximate surface area is 116 Å². The highest BCUT2D eigenvalue weighted by Crippen LogP contribution is 2.15. The van der Waals surface area contributed by atoms with E-state index in [1.165, 1.54) is 0 Å². The normalized spacial score (nSPS) is 13.3. The predicted molar refractivity (Wildman–Crippen MR) is 73.3 cm³/mol. The second-order valence-corrected chi connectivity index (χ2v) is 4.35. The molecular formula is C13H17N5O2. The molecule has 0 radical (unpaired) electrons. The SMILES string of the molecule is Cc1noc(CNCC(C(N)=NO)c2ccccc2)n1. The van der Waals surface area contributed by atoms with Crippen LogP contribution in [-0.4, -0.2) is 27.7 Å². The Morgan fingerprint density at radius 3 is 2.80 bits per heavy atom. The molecule has 0 spiro atoms. The summed E-state index contributed by atoms with van der Waals surface area (Å²) in [6.45, 7) is 2.69. The van der Waals surface area contributed by atoms with E-state index in [1.54, 1.807) is 6.92 Å². The van der Waals surface area contributed by atoms with Gasteiger partial charge in [0, 0.05) is 6.54 Å². The average Bonchev–Trinajstić information content (AvgIpc) is 2.89. The van der Waals surface area contributed by atoms with E-state index in [-0.39, 0.29) is 11.8 Å². The van der Waals surface area contributed by atoms with Crippen molar-refractivity contribution in [2.24, 2.45) is 10.9 Å². The van der Waals surface area contributed by atoms with Gasteiger partial charge in [-0.15, -0.1) is 0 Å². The minimum atomic E-state index is -0.217. The molecule has 0 aliphatic rings. The van der Waals surface area contributed by atoms with Gasteiger partial charge in [-0.05, 0) is 12.5 Å². The molecule has 7 heteroatoms. The summed E-state index contributed by atoms with van der Waals surface area (Å²) in [5.74, 6) is 1.04. The van der Waals surface area contributed by atoms with Crippen LogP contribution in [0.4, 0.5) is 0 Å². The van der Waals surface area contributed by atoms with Crippen molar-refractivity contribution in [3.8, 4) is 0 Å². The molecule has 0 aliphatic carbocycles. The number of benzene rings is 1. The zero-order chi connectivity index (χ0) is 14.4. The van der Waals surface area contributed by atoms with Crippen LogP contribution in [-0.2, 0) is 6.54 Å². The Bertz CT molecular complexity index is 567. The van der Waals surface area contributed by atoms with Crippen molar-refractivity contribution in [3.05, 3.63) is 47.6 Å². The predicted octanol–water partition coefficient (Wildman–Crippen LogP) is 0.998. The van der Waals surface area contributed by atoms with Gasteiger partial charge in [-0.3, -0.25) is 0 Å². The molecule has 0 bridgehead atoms. The van der Waals surface area contributed by atoms with Gasteiger partial charge < -0.3 is 20.8 Å². The summed E-state index contributed by atoms with van der Waals surface area (Å²) in [6, 6.07) is 9.60. The molecule has 2 rings (SSSR count). The molecule has 7 nitrogen and oxygen atoms in total. The van der Waals surface area contributed by atoms with Crippen LogP contribution in [0, 0.1) is 6.92 Å². The fourth-order valence-corrected chi connectivity index (χ4v) is 1.88. The fraction of sp³-hybridized carbons (Fsp3) is 0.308. The summed E-state index contributed by atoms with van der Waals surface area (Å²) in [4.78, 5) is 4.09. The Kier molecular flexibility index (Phi) is 4.67. The number of oxime groups is 1. The van der Waals surface area contributed by atoms with Crippen molar-refractivity contribution in [2.45, 2.75) is 19.4 Å². The van der Waals surface area contributed by atoms with E-state index in [0.717, 1.165) is 5.56 Å². The number of rotatable bonds is 6. The summed E-state index contributed by atoms with van der Waals surface area (Å²) >= 11 is 0. The molecule has 4 N–H and O–H groups in total. The van der Waals surface area contributed by atoms with Crippen LogP contribution in [0.25, 0.3) is 0 Å². The zero-order valence-electron chi connectivity index (χ0n) is 11.2. The third-order valence-electron chi connectivity index (χ3n) is 2.87. The topological polar surface area (TPSA) is 110 Å². The summed E-state index contributed by atoms with van der Waals surface area (Å²) in [7, 11) is 0. The van der Waals surface area contributed by atoms with Crippen molar-refractivity contribution in [1.82, 2.24) is 15.5 Å². The van der Waals surface area contributed by atoms with E-state index >= 15 is 0 Å². The van der Waals surface area contributed by atoms with Crippen molar-refractivity contribution < 1.29 is 9.73 Å². The van der Waals surface area contributed by atoms with E-state index in [2.05, 4.69) is 20.6 Å². The summed E-state index contributed by atoms with van der Waals surface area (Å²) in [6.07, 6.45) is 0. The summed E-state index contributed by atoms with van der Waals surface area (Å²) in [5, 5.41) is 18.8. The molecule has 1 aromatic heterocycles. The molecule has 1 heterocycles. The van der Waals surface area contributed by atoms with Gasteiger partial charge in [0.15, 0.2) is 5.82 Å². The number of nitrogens with one attached hydrogen (secondary N) is 1. The number of hydrogen-bond acceptors (Lipinski definition) is 6. The monoisotopic (exact) mass is 275 g/mol. The molecular weight excluding hydrogens is 258 g/mol. The van der Waals surface area contributed by atoms with Crippen LogP contribution in [0.1, 0.15) is 23.2 Å². The van der Waals surface area contributed by atoms with Crippen molar-refractivity contribution >= 4 is 5.84 Å². The third kappa shape index (κ3) is 3.55. The van der Waals surface area contributed by atoms with Crippen molar-refractivity contribution in [1.29, 1.82) is 0 Å². The molecule has 20 heavy (non-hydrogen) atoms. The van der Waals surface area contributed by atoms with Gasteiger partial charge in [0.2, 0.25) is 5.89 Å². The van der Waals surface area contributed by atoms with Crippen LogP contribution < -0.4 is 11.1 Å². The van der Waals surface area contributed by atoms with Crippen molar-refractivity contribution in [2.75, 3.05) is 6.54 Å². The maximum Gasteiger partial charge on any atom is 0.240 e. The molecule has 1 aromatic carbocycles. The highest BCUT2D eigenvalue weighted by atomic mass is 16.5. The first kappa shape index (κ1) is 14.0. The number of aromatic nitrogens is 2. The van der Waals surface area contributed by atoms with Crippen molar-refractivity contribution in [3.63, 3.8) is 0 Å². The van der Waals surface area contributed by atoms with E-state index in [0.29, 0.717) is 24.8 Å². The van der Waals surface area contributed by atoms with Crippen LogP contribution in [0.5, 0.6) is 0 Å². The lowest BCUT2D eigenvalue weighted by Gasteiger charge is -2.16. The van der Waals surface area contributed by atoms with Crippen LogP contribution in [0.2, 0.25) is 0 Å². The average molecular weight is 275 g/mol. The van der Waals surface area contributed by atoms with Gasteiger partial charge >= 0.3 is 0 Å². The number of amidine groups is 1. The minimum absolute atomic E-state index is 0.158. The van der Waals surface area contributed by atoms with E-state index in [9.17, 15) is 0 Å². The first-order chi connectivity index (χ1) is 9.70. The lowest BCUT2D eigenvalue weighted by atomic mass is 9.98. The van der Waals surface area contributed by atoms with E-state index in [4.69, 9.17) is 15.5 Å². The Morgan fingerprint density at radius 1 is 1.45 bits per heavy atom. The molecule has 0 fully saturated rings. The Morgan fingerprint density at radius 2 is 2.20 bits per heavy atom. The first-order valence-electron chi connectivity index (χ1n) is 6.23. The maximum atomic E-state index is 8.88. The molecule has 0 saturated heterocycles. The lowest BCUT2D eigenvalue weighted by Crippen LogP contribution is -2.31. The lowest BCUT2D eigenvalue weighted by molar-refractivity contribution is 0.315. The van der Waals surface area contributed by atoms with E-state index in [1.807, 2.05) is 30.3 Å². The molecule has 1 atom stereocenters. The Balaban J connectivity index is 1.98. The van der Waals surface area contributed by atoms with Crippen LogP contribution in [0.15, 0.2) is 40.0 Å². The van der Waals surface area contributed by atoms with Gasteiger partial charge in [-0.2, -0.15) is 4.98 Å². The molecule has 0 amide bonds. The highest BCUT2D eigenvalue weighted by molar-refractivity contribution is 5.87. The quantitative estimate of drug-likeness (QED) is 0.314. The largest absolute Gasteiger partial charge is 0.409 e. The summed E-state index contributed by atoms with van der Waals surface area (Å²) in [5.41, 5.74) is 6.71. The van der Waals surface area contributed by atoms with Gasteiger partial charge in [0.05, 0.1) is 12.5 Å². The third-order valence-corrected chi connectivity index (χ3v) is 2.87. The highest BCUT2D eigenvalue weighted by Gasteiger charge is 2.16. The van der Waals surface area contributed by atoms with Crippen LogP contribution in [0.3, 0.4) is 0 Å². The number of nitrogens with zero attached hydrogens (tertiary/aromatic N) is 3. The molecule has 106 valence electrons. The van der Waals surface area contributed by atoms with Gasteiger partial charge in [0.1, 0.15) is 5.84 Å². The minimum Gasteiger partial charge on any atom is -0.409 e. The van der Waals surface area contributed by atoms with Gasteiger partial charge in [-0.25, -0.2) is 0 Å². The molecule has 0 aliphatic heterocycles.